The van der Waals surface area contributed by atoms with Crippen molar-refractivity contribution in [3.63, 3.8) is 0 Å². The van der Waals surface area contributed by atoms with Gasteiger partial charge in [0.25, 0.3) is 0 Å². The van der Waals surface area contributed by atoms with E-state index in [-0.39, 0.29) is 11.9 Å². The molecule has 7 nitrogen and oxygen atoms in total. The zero-order valence-corrected chi connectivity index (χ0v) is 14.4. The Morgan fingerprint density at radius 1 is 1.15 bits per heavy atom. The lowest BCUT2D eigenvalue weighted by Gasteiger charge is -2.24. The van der Waals surface area contributed by atoms with Crippen LogP contribution in [0.15, 0.2) is 53.2 Å². The second-order valence-electron chi connectivity index (χ2n) is 6.53. The topological polar surface area (TPSA) is 87.1 Å². The van der Waals surface area contributed by atoms with Crippen LogP contribution in [-0.2, 0) is 17.9 Å². The van der Waals surface area contributed by atoms with Gasteiger partial charge < -0.3 is 9.73 Å². The minimum Gasteiger partial charge on any atom is -0.458 e. The fraction of sp³-hybridized carbons (Fsp3) is 0.316. The molecule has 1 aliphatic rings. The highest BCUT2D eigenvalue weighted by Crippen LogP contribution is 2.21. The highest BCUT2D eigenvalue weighted by molar-refractivity contribution is 5.78. The van der Waals surface area contributed by atoms with Gasteiger partial charge in [-0.3, -0.25) is 19.8 Å². The van der Waals surface area contributed by atoms with Crippen LogP contribution in [0.2, 0.25) is 0 Å². The van der Waals surface area contributed by atoms with E-state index in [1.54, 1.807) is 12.4 Å². The van der Waals surface area contributed by atoms with Gasteiger partial charge in [-0.2, -0.15) is 5.10 Å². The second-order valence-corrected chi connectivity index (χ2v) is 6.53. The van der Waals surface area contributed by atoms with Crippen molar-refractivity contribution in [1.82, 2.24) is 25.4 Å². The lowest BCUT2D eigenvalue weighted by Crippen LogP contribution is -2.38. The van der Waals surface area contributed by atoms with Crippen molar-refractivity contribution in [1.29, 1.82) is 0 Å². The molecule has 26 heavy (non-hydrogen) atoms. The van der Waals surface area contributed by atoms with Crippen LogP contribution in [0.4, 0.5) is 0 Å². The van der Waals surface area contributed by atoms with Crippen LogP contribution in [-0.4, -0.2) is 38.6 Å². The van der Waals surface area contributed by atoms with Crippen LogP contribution in [0, 0.1) is 0 Å². The van der Waals surface area contributed by atoms with Gasteiger partial charge in [0, 0.05) is 37.9 Å². The normalized spacial score (nSPS) is 17.0. The van der Waals surface area contributed by atoms with Crippen molar-refractivity contribution < 1.29 is 9.21 Å². The number of carbonyl (C=O) groups excluding carboxylic acids is 1. The van der Waals surface area contributed by atoms with E-state index in [1.807, 2.05) is 36.4 Å². The number of pyridine rings is 1. The minimum atomic E-state index is 0.132. The van der Waals surface area contributed by atoms with Gasteiger partial charge in [0.2, 0.25) is 5.91 Å². The van der Waals surface area contributed by atoms with E-state index in [0.717, 1.165) is 35.9 Å². The van der Waals surface area contributed by atoms with E-state index in [0.29, 0.717) is 19.5 Å². The van der Waals surface area contributed by atoms with Crippen LogP contribution >= 0.6 is 0 Å². The first-order valence-corrected chi connectivity index (χ1v) is 8.76. The molecule has 0 aliphatic carbocycles. The molecule has 4 rings (SSSR count). The molecule has 1 fully saturated rings. The summed E-state index contributed by atoms with van der Waals surface area (Å²) in [5.41, 5.74) is 1.85. The van der Waals surface area contributed by atoms with E-state index < -0.39 is 0 Å². The number of carbonyl (C=O) groups is 1. The molecule has 1 atom stereocenters. The smallest absolute Gasteiger partial charge is 0.220 e. The summed E-state index contributed by atoms with van der Waals surface area (Å²) in [7, 11) is 0. The summed E-state index contributed by atoms with van der Waals surface area (Å²) in [5, 5.41) is 9.90. The fourth-order valence-corrected chi connectivity index (χ4v) is 3.25. The highest BCUT2D eigenvalue weighted by Gasteiger charge is 2.24. The van der Waals surface area contributed by atoms with Crippen molar-refractivity contribution in [2.75, 3.05) is 6.54 Å². The van der Waals surface area contributed by atoms with Gasteiger partial charge >= 0.3 is 0 Å². The number of hydrogen-bond acceptors (Lipinski definition) is 5. The summed E-state index contributed by atoms with van der Waals surface area (Å²) < 4.78 is 5.96. The molecule has 3 aromatic heterocycles. The minimum absolute atomic E-state index is 0.132. The Balaban J connectivity index is 1.47. The summed E-state index contributed by atoms with van der Waals surface area (Å²) in [6, 6.07) is 11.9. The lowest BCUT2D eigenvalue weighted by molar-refractivity contribution is -0.119. The van der Waals surface area contributed by atoms with Crippen molar-refractivity contribution in [3.05, 3.63) is 60.2 Å². The average molecular weight is 351 g/mol. The summed E-state index contributed by atoms with van der Waals surface area (Å²) >= 11 is 0. The van der Waals surface area contributed by atoms with Crippen LogP contribution in [0.5, 0.6) is 0 Å². The van der Waals surface area contributed by atoms with Crippen molar-refractivity contribution >= 4 is 5.91 Å². The molecule has 0 saturated carbocycles. The number of aromatic amines is 1. The van der Waals surface area contributed by atoms with E-state index in [1.165, 1.54) is 0 Å². The van der Waals surface area contributed by atoms with Gasteiger partial charge in [-0.25, -0.2) is 0 Å². The third-order valence-electron chi connectivity index (χ3n) is 4.48. The third-order valence-corrected chi connectivity index (χ3v) is 4.48. The number of hydrogen-bond donors (Lipinski definition) is 2. The van der Waals surface area contributed by atoms with Gasteiger partial charge in [-0.15, -0.1) is 0 Å². The molecule has 4 heterocycles. The van der Waals surface area contributed by atoms with Crippen molar-refractivity contribution in [2.45, 2.75) is 32.0 Å². The molecule has 0 unspecified atom stereocenters. The van der Waals surface area contributed by atoms with Gasteiger partial charge in [-0.1, -0.05) is 6.07 Å². The fourth-order valence-electron chi connectivity index (χ4n) is 3.25. The Morgan fingerprint density at radius 2 is 2.12 bits per heavy atom. The van der Waals surface area contributed by atoms with E-state index in [9.17, 15) is 4.79 Å². The Bertz CT molecular complexity index is 844. The maximum atomic E-state index is 11.5. The Morgan fingerprint density at radius 3 is 2.85 bits per heavy atom. The molecule has 1 saturated heterocycles. The quantitative estimate of drug-likeness (QED) is 0.682. The SMILES string of the molecule is O=C1CC[C@@H](CN(Cc2ccccn2)Cc2ccc(-c3ccn[nH]3)o2)N1. The number of nitrogens with one attached hydrogen (secondary N) is 2. The molecule has 0 bridgehead atoms. The first kappa shape index (κ1) is 16.5. The molecule has 7 heteroatoms. The average Bonchev–Trinajstić information content (AvgIpc) is 3.38. The molecule has 1 amide bonds. The van der Waals surface area contributed by atoms with E-state index in [2.05, 4.69) is 25.4 Å². The number of H-pyrrole nitrogens is 1. The van der Waals surface area contributed by atoms with Crippen LogP contribution in [0.3, 0.4) is 0 Å². The Hall–Kier alpha value is -2.93. The third kappa shape index (κ3) is 4.00. The largest absolute Gasteiger partial charge is 0.458 e. The molecular weight excluding hydrogens is 330 g/mol. The van der Waals surface area contributed by atoms with E-state index in [4.69, 9.17) is 4.42 Å². The van der Waals surface area contributed by atoms with Crippen LogP contribution in [0.25, 0.3) is 11.5 Å². The second kappa shape index (κ2) is 7.53. The maximum Gasteiger partial charge on any atom is 0.220 e. The zero-order valence-electron chi connectivity index (χ0n) is 14.4. The predicted molar refractivity (Wildman–Crippen MR) is 95.8 cm³/mol. The summed E-state index contributed by atoms with van der Waals surface area (Å²) in [6.07, 6.45) is 4.98. The first-order chi connectivity index (χ1) is 12.8. The lowest BCUT2D eigenvalue weighted by atomic mass is 10.2. The number of nitrogens with zero attached hydrogens (tertiary/aromatic N) is 3. The van der Waals surface area contributed by atoms with Gasteiger partial charge in [0.1, 0.15) is 11.5 Å². The first-order valence-electron chi connectivity index (χ1n) is 8.76. The molecular formula is C19H21N5O2. The summed E-state index contributed by atoms with van der Waals surface area (Å²) in [6.45, 7) is 2.12. The molecule has 134 valence electrons. The Labute approximate surface area is 151 Å². The van der Waals surface area contributed by atoms with Crippen LogP contribution in [0.1, 0.15) is 24.3 Å². The summed E-state index contributed by atoms with van der Waals surface area (Å²) in [4.78, 5) is 18.2. The molecule has 1 aliphatic heterocycles. The number of rotatable bonds is 7. The molecule has 2 N–H and O–H groups in total. The predicted octanol–water partition coefficient (Wildman–Crippen LogP) is 2.35. The number of aromatic nitrogens is 3. The van der Waals surface area contributed by atoms with Gasteiger partial charge in [-0.05, 0) is 36.8 Å². The number of amides is 1. The van der Waals surface area contributed by atoms with Crippen molar-refractivity contribution in [3.8, 4) is 11.5 Å². The molecule has 0 radical (unpaired) electrons. The van der Waals surface area contributed by atoms with Crippen molar-refractivity contribution in [2.24, 2.45) is 0 Å². The monoisotopic (exact) mass is 351 g/mol. The van der Waals surface area contributed by atoms with Crippen LogP contribution < -0.4 is 5.32 Å². The molecule has 0 aromatic carbocycles. The van der Waals surface area contributed by atoms with Gasteiger partial charge in [0.15, 0.2) is 5.76 Å². The summed E-state index contributed by atoms with van der Waals surface area (Å²) in [5.74, 6) is 1.77. The molecule has 0 spiro atoms. The zero-order chi connectivity index (χ0) is 17.8. The highest BCUT2D eigenvalue weighted by atomic mass is 16.3. The number of furan rings is 1. The Kier molecular flexibility index (Phi) is 4.79. The van der Waals surface area contributed by atoms with E-state index >= 15 is 0 Å². The molecule has 3 aromatic rings. The van der Waals surface area contributed by atoms with Gasteiger partial charge in [0.05, 0.1) is 12.2 Å². The standard InChI is InChI=1S/C19H21N5O2/c25-19-7-4-15(22-19)12-24(11-14-3-1-2-9-20-14)13-16-5-6-18(26-16)17-8-10-21-23-17/h1-3,5-6,8-10,15H,4,7,11-13H2,(H,21,23)(H,22,25)/t15-/m0/s1. The maximum absolute atomic E-state index is 11.5.